The number of sulfone groups is 1. The maximum absolute atomic E-state index is 12.3. The van der Waals surface area contributed by atoms with Gasteiger partial charge in [0, 0.05) is 49.4 Å². The molecule has 1 aliphatic heterocycles. The first-order valence-electron chi connectivity index (χ1n) is 12.4. The first-order chi connectivity index (χ1) is 15.9. The van der Waals surface area contributed by atoms with Crippen LogP contribution in [0.1, 0.15) is 69.2 Å². The van der Waals surface area contributed by atoms with Crippen molar-refractivity contribution in [2.75, 3.05) is 41.4 Å². The fourth-order valence-electron chi connectivity index (χ4n) is 5.48. The van der Waals surface area contributed by atoms with Gasteiger partial charge in [0.2, 0.25) is 0 Å². The number of aromatic nitrogens is 3. The third-order valence-corrected chi connectivity index (χ3v) is 9.33. The van der Waals surface area contributed by atoms with Crippen molar-refractivity contribution in [3.63, 3.8) is 0 Å². The molecule has 1 N–H and O–H groups in total. The minimum Gasteiger partial charge on any atom is -0.369 e. The molecule has 3 aliphatic rings. The Labute approximate surface area is 197 Å². The van der Waals surface area contributed by atoms with E-state index in [1.54, 1.807) is 0 Å². The van der Waals surface area contributed by atoms with E-state index in [0.717, 1.165) is 36.8 Å². The van der Waals surface area contributed by atoms with Crippen molar-refractivity contribution in [3.8, 4) is 0 Å². The Morgan fingerprint density at radius 1 is 1.12 bits per heavy atom. The molecule has 5 rings (SSSR count). The summed E-state index contributed by atoms with van der Waals surface area (Å²) in [6, 6.07) is 6.35. The van der Waals surface area contributed by atoms with E-state index in [4.69, 9.17) is 9.97 Å². The van der Waals surface area contributed by atoms with E-state index in [2.05, 4.69) is 27.3 Å². The minimum absolute atomic E-state index is 0.0884. The molecule has 1 atom stereocenters. The van der Waals surface area contributed by atoms with Crippen LogP contribution in [0.5, 0.6) is 0 Å². The molecular formula is C25H35N5O2S. The summed E-state index contributed by atoms with van der Waals surface area (Å²) in [5, 5.41) is 3.68. The monoisotopic (exact) mass is 469 g/mol. The minimum atomic E-state index is -3.00. The molecule has 2 aliphatic carbocycles. The zero-order chi connectivity index (χ0) is 22.9. The molecule has 8 heteroatoms. The van der Waals surface area contributed by atoms with Gasteiger partial charge in [-0.15, -0.1) is 0 Å². The van der Waals surface area contributed by atoms with Crippen molar-refractivity contribution in [2.24, 2.45) is 5.92 Å². The Bertz CT molecular complexity index is 1070. The summed E-state index contributed by atoms with van der Waals surface area (Å²) in [6.07, 6.45) is 12.2. The van der Waals surface area contributed by atoms with Gasteiger partial charge in [0.15, 0.2) is 9.84 Å². The lowest BCUT2D eigenvalue weighted by atomic mass is 9.69. The van der Waals surface area contributed by atoms with Crippen LogP contribution >= 0.6 is 0 Å². The lowest BCUT2D eigenvalue weighted by Gasteiger charge is -2.38. The fraction of sp³-hybridized carbons (Fsp3) is 0.640. The van der Waals surface area contributed by atoms with Crippen molar-refractivity contribution >= 4 is 21.5 Å². The molecule has 1 saturated heterocycles. The van der Waals surface area contributed by atoms with Gasteiger partial charge in [-0.1, -0.05) is 26.2 Å². The van der Waals surface area contributed by atoms with Crippen molar-refractivity contribution < 1.29 is 8.42 Å². The summed E-state index contributed by atoms with van der Waals surface area (Å²) in [5.74, 6) is 3.59. The summed E-state index contributed by atoms with van der Waals surface area (Å²) in [7, 11) is -3.00. The van der Waals surface area contributed by atoms with Crippen molar-refractivity contribution in [1.82, 2.24) is 15.0 Å². The standard InChI is InChI=1S/C25H35N5O2S/c1-19-16-30(13-14-33(31,32)17-19)23-15-22(28-24(29-23)20-5-6-20)27-18-25(9-3-2-4-10-25)21-7-11-26-12-8-21/h7-8,11-12,15,19-20H,2-6,9-10,13-14,16-18H2,1H3,(H,27,28,29). The van der Waals surface area contributed by atoms with Gasteiger partial charge in [0.05, 0.1) is 11.5 Å². The Balaban J connectivity index is 1.40. The molecule has 0 amide bonds. The predicted molar refractivity (Wildman–Crippen MR) is 132 cm³/mol. The number of hydrogen-bond acceptors (Lipinski definition) is 7. The summed E-state index contributed by atoms with van der Waals surface area (Å²) < 4.78 is 24.6. The average molecular weight is 470 g/mol. The van der Waals surface area contributed by atoms with Crippen LogP contribution in [0.2, 0.25) is 0 Å². The van der Waals surface area contributed by atoms with Crippen LogP contribution in [-0.2, 0) is 15.3 Å². The second-order valence-corrected chi connectivity index (χ2v) is 12.6. The van der Waals surface area contributed by atoms with Crippen LogP contribution in [0.25, 0.3) is 0 Å². The zero-order valence-electron chi connectivity index (χ0n) is 19.5. The number of rotatable bonds is 6. The van der Waals surface area contributed by atoms with E-state index in [1.807, 2.05) is 25.4 Å². The van der Waals surface area contributed by atoms with Crippen LogP contribution in [-0.4, -0.2) is 54.5 Å². The van der Waals surface area contributed by atoms with Crippen molar-refractivity contribution in [1.29, 1.82) is 0 Å². The normalized spacial score (nSPS) is 24.8. The third-order valence-electron chi connectivity index (χ3n) is 7.45. The van der Waals surface area contributed by atoms with Crippen molar-refractivity contribution in [2.45, 2.75) is 63.2 Å². The lowest BCUT2D eigenvalue weighted by Crippen LogP contribution is -2.37. The molecule has 2 saturated carbocycles. The molecular weight excluding hydrogens is 434 g/mol. The number of nitrogens with one attached hydrogen (secondary N) is 1. The van der Waals surface area contributed by atoms with Gasteiger partial charge in [-0.25, -0.2) is 18.4 Å². The summed E-state index contributed by atoms with van der Waals surface area (Å²) in [5.41, 5.74) is 1.45. The first kappa shape index (κ1) is 22.6. The van der Waals surface area contributed by atoms with Crippen LogP contribution < -0.4 is 10.2 Å². The van der Waals surface area contributed by atoms with Gasteiger partial charge < -0.3 is 10.2 Å². The summed E-state index contributed by atoms with van der Waals surface area (Å²) in [6.45, 7) is 4.05. The second kappa shape index (κ2) is 9.20. The highest BCUT2D eigenvalue weighted by molar-refractivity contribution is 7.91. The molecule has 0 spiro atoms. The molecule has 2 aromatic heterocycles. The molecule has 33 heavy (non-hydrogen) atoms. The van der Waals surface area contributed by atoms with E-state index < -0.39 is 9.84 Å². The topological polar surface area (TPSA) is 88.1 Å². The van der Waals surface area contributed by atoms with Gasteiger partial charge in [-0.05, 0) is 49.3 Å². The Morgan fingerprint density at radius 3 is 2.61 bits per heavy atom. The van der Waals surface area contributed by atoms with Crippen LogP contribution in [0.4, 0.5) is 11.6 Å². The highest BCUT2D eigenvalue weighted by atomic mass is 32.2. The van der Waals surface area contributed by atoms with Gasteiger partial charge in [-0.3, -0.25) is 4.98 Å². The molecule has 0 aromatic carbocycles. The predicted octanol–water partition coefficient (Wildman–Crippen LogP) is 3.93. The SMILES string of the molecule is CC1CN(c2cc(NCC3(c4ccncc4)CCCCC3)nc(C3CC3)n2)CCS(=O)(=O)C1. The quantitative estimate of drug-likeness (QED) is 0.686. The molecule has 3 heterocycles. The van der Waals surface area contributed by atoms with Gasteiger partial charge in [0.25, 0.3) is 0 Å². The number of anilines is 2. The van der Waals surface area contributed by atoms with E-state index in [1.165, 1.54) is 37.7 Å². The van der Waals surface area contributed by atoms with Crippen LogP contribution in [0.3, 0.4) is 0 Å². The fourth-order valence-corrected chi connectivity index (χ4v) is 7.12. The third kappa shape index (κ3) is 5.31. The Kier molecular flexibility index (Phi) is 6.29. The number of pyridine rings is 1. The van der Waals surface area contributed by atoms with Gasteiger partial charge in [0.1, 0.15) is 17.5 Å². The van der Waals surface area contributed by atoms with Crippen LogP contribution in [0, 0.1) is 5.92 Å². The molecule has 3 fully saturated rings. The molecule has 178 valence electrons. The highest BCUT2D eigenvalue weighted by Gasteiger charge is 2.35. The maximum Gasteiger partial charge on any atom is 0.152 e. The molecule has 7 nitrogen and oxygen atoms in total. The summed E-state index contributed by atoms with van der Waals surface area (Å²) >= 11 is 0. The average Bonchev–Trinajstić information content (AvgIpc) is 3.67. The smallest absolute Gasteiger partial charge is 0.152 e. The molecule has 0 bridgehead atoms. The van der Waals surface area contributed by atoms with E-state index in [0.29, 0.717) is 19.0 Å². The maximum atomic E-state index is 12.3. The van der Waals surface area contributed by atoms with Gasteiger partial charge in [-0.2, -0.15) is 0 Å². The number of hydrogen-bond donors (Lipinski definition) is 1. The number of nitrogens with zero attached hydrogens (tertiary/aromatic N) is 4. The molecule has 0 radical (unpaired) electrons. The van der Waals surface area contributed by atoms with Crippen molar-refractivity contribution in [3.05, 3.63) is 42.0 Å². The van der Waals surface area contributed by atoms with Gasteiger partial charge >= 0.3 is 0 Å². The Morgan fingerprint density at radius 2 is 1.88 bits per heavy atom. The highest BCUT2D eigenvalue weighted by Crippen LogP contribution is 2.41. The lowest BCUT2D eigenvalue weighted by molar-refractivity contribution is 0.307. The second-order valence-electron chi connectivity index (χ2n) is 10.3. The van der Waals surface area contributed by atoms with Crippen LogP contribution in [0.15, 0.2) is 30.6 Å². The van der Waals surface area contributed by atoms with E-state index in [-0.39, 0.29) is 22.8 Å². The largest absolute Gasteiger partial charge is 0.369 e. The Hall–Kier alpha value is -2.22. The molecule has 2 aromatic rings. The van der Waals surface area contributed by atoms with E-state index in [9.17, 15) is 8.42 Å². The first-order valence-corrected chi connectivity index (χ1v) is 14.2. The molecule has 1 unspecified atom stereocenters. The zero-order valence-corrected chi connectivity index (χ0v) is 20.4. The summed E-state index contributed by atoms with van der Waals surface area (Å²) in [4.78, 5) is 16.1. The van der Waals surface area contributed by atoms with E-state index >= 15 is 0 Å².